The largest absolute Gasteiger partial charge is 0.428 e. The van der Waals surface area contributed by atoms with Crippen LogP contribution >= 0.6 is 0 Å². The summed E-state index contributed by atoms with van der Waals surface area (Å²) in [5.41, 5.74) is 2.07. The Bertz CT molecular complexity index is 551. The number of esters is 1. The van der Waals surface area contributed by atoms with Crippen LogP contribution in [0.15, 0.2) is 12.1 Å². The third-order valence-electron chi connectivity index (χ3n) is 4.12. The molecular formula is C15H16O5. The average Bonchev–Trinajstić information content (AvgIpc) is 3.03. The highest BCUT2D eigenvalue weighted by molar-refractivity contribution is 5.75. The first-order valence-corrected chi connectivity index (χ1v) is 6.71. The fourth-order valence-electron chi connectivity index (χ4n) is 3.46. The van der Waals surface area contributed by atoms with E-state index in [2.05, 4.69) is 0 Å². The molecule has 1 aromatic carbocycles. The number of carbonyl (C=O) groups excluding carboxylic acids is 2. The zero-order valence-corrected chi connectivity index (χ0v) is 11.3. The highest BCUT2D eigenvalue weighted by Crippen LogP contribution is 2.58. The summed E-state index contributed by atoms with van der Waals surface area (Å²) in [4.78, 5) is 22.2. The highest BCUT2D eigenvalue weighted by atomic mass is 16.6. The molecule has 2 bridgehead atoms. The zero-order valence-electron chi connectivity index (χ0n) is 11.3. The van der Waals surface area contributed by atoms with E-state index in [0.29, 0.717) is 29.8 Å². The topological polar surface area (TPSA) is 61.8 Å². The molecule has 0 aromatic heterocycles. The Morgan fingerprint density at radius 3 is 2.55 bits per heavy atom. The van der Waals surface area contributed by atoms with Crippen LogP contribution in [0, 0.1) is 0 Å². The first-order chi connectivity index (χ1) is 9.74. The predicted octanol–water partition coefficient (Wildman–Crippen LogP) is 2.14. The lowest BCUT2D eigenvalue weighted by Gasteiger charge is -2.20. The maximum Gasteiger partial charge on any atom is 0.337 e. The second kappa shape index (κ2) is 5.25. The fourth-order valence-corrected chi connectivity index (χ4v) is 3.46. The number of hydrogen-bond donors (Lipinski definition) is 0. The average molecular weight is 276 g/mol. The van der Waals surface area contributed by atoms with Crippen LogP contribution in [-0.4, -0.2) is 26.2 Å². The van der Waals surface area contributed by atoms with Gasteiger partial charge in [0.1, 0.15) is 18.1 Å². The third-order valence-corrected chi connectivity index (χ3v) is 4.12. The predicted molar refractivity (Wildman–Crippen MR) is 70.0 cm³/mol. The Morgan fingerprint density at radius 2 is 1.90 bits per heavy atom. The van der Waals surface area contributed by atoms with Gasteiger partial charge < -0.3 is 14.2 Å². The molecule has 1 saturated carbocycles. The van der Waals surface area contributed by atoms with Gasteiger partial charge in [-0.1, -0.05) is 0 Å². The van der Waals surface area contributed by atoms with E-state index in [-0.39, 0.29) is 6.61 Å². The van der Waals surface area contributed by atoms with Crippen molar-refractivity contribution in [3.8, 4) is 11.5 Å². The molecule has 1 aromatic rings. The second-order valence-corrected chi connectivity index (χ2v) is 5.22. The molecule has 0 saturated heterocycles. The summed E-state index contributed by atoms with van der Waals surface area (Å²) in [5, 5.41) is 0. The molecule has 106 valence electrons. The van der Waals surface area contributed by atoms with Crippen molar-refractivity contribution in [2.24, 2.45) is 0 Å². The van der Waals surface area contributed by atoms with Crippen molar-refractivity contribution in [3.05, 3.63) is 23.3 Å². The van der Waals surface area contributed by atoms with Gasteiger partial charge in [0.15, 0.2) is 0 Å². The van der Waals surface area contributed by atoms with Crippen LogP contribution in [0.25, 0.3) is 0 Å². The van der Waals surface area contributed by atoms with Crippen LogP contribution in [0.4, 0.5) is 0 Å². The van der Waals surface area contributed by atoms with Crippen LogP contribution < -0.4 is 9.47 Å². The number of carbonyl (C=O) groups is 2. The molecule has 0 heterocycles. The van der Waals surface area contributed by atoms with Crippen molar-refractivity contribution in [1.82, 2.24) is 0 Å². The molecule has 5 heteroatoms. The maximum absolute atomic E-state index is 11.6. The van der Waals surface area contributed by atoms with Crippen LogP contribution in [-0.2, 0) is 14.3 Å². The summed E-state index contributed by atoms with van der Waals surface area (Å²) in [5.74, 6) is 1.56. The van der Waals surface area contributed by atoms with Crippen molar-refractivity contribution in [2.75, 3.05) is 13.7 Å². The van der Waals surface area contributed by atoms with Gasteiger partial charge in [0, 0.05) is 18.2 Å². The summed E-state index contributed by atoms with van der Waals surface area (Å²) in [6.45, 7) is 0.369. The minimum absolute atomic E-state index is 0.0740. The van der Waals surface area contributed by atoms with E-state index in [9.17, 15) is 9.59 Å². The molecule has 3 rings (SSSR count). The smallest absolute Gasteiger partial charge is 0.337 e. The van der Waals surface area contributed by atoms with Gasteiger partial charge in [-0.05, 0) is 43.2 Å². The molecule has 2 aliphatic carbocycles. The van der Waals surface area contributed by atoms with Crippen LogP contribution in [0.1, 0.15) is 42.2 Å². The molecule has 0 spiro atoms. The molecule has 0 radical (unpaired) electrons. The standard InChI is InChI=1S/C15H16O5/c1-18-7-13(17)20-12-5-4-11(19-8-16)14-9-2-3-10(6-9)15(12)14/h4-5,8-10H,2-3,6-7H2,1H3. The molecule has 2 atom stereocenters. The normalized spacial score (nSPS) is 22.4. The SMILES string of the molecule is COCC(=O)Oc1ccc(OC=O)c2c1C1CCC2C1. The van der Waals surface area contributed by atoms with Crippen LogP contribution in [0.5, 0.6) is 11.5 Å². The summed E-state index contributed by atoms with van der Waals surface area (Å²) in [7, 11) is 1.45. The van der Waals surface area contributed by atoms with Gasteiger partial charge in [0.25, 0.3) is 6.47 Å². The van der Waals surface area contributed by atoms with E-state index < -0.39 is 5.97 Å². The number of methoxy groups -OCH3 is 1. The zero-order chi connectivity index (χ0) is 14.1. The van der Waals surface area contributed by atoms with Crippen molar-refractivity contribution in [2.45, 2.75) is 31.1 Å². The van der Waals surface area contributed by atoms with E-state index in [0.717, 1.165) is 30.4 Å². The van der Waals surface area contributed by atoms with Crippen LogP contribution in [0.2, 0.25) is 0 Å². The molecule has 20 heavy (non-hydrogen) atoms. The van der Waals surface area contributed by atoms with Gasteiger partial charge in [-0.25, -0.2) is 4.79 Å². The van der Waals surface area contributed by atoms with Gasteiger partial charge in [-0.15, -0.1) is 0 Å². The lowest BCUT2D eigenvalue weighted by atomic mass is 9.90. The Labute approximate surface area is 116 Å². The number of hydrogen-bond acceptors (Lipinski definition) is 5. The molecule has 1 fully saturated rings. The lowest BCUT2D eigenvalue weighted by Crippen LogP contribution is -2.16. The maximum atomic E-state index is 11.6. The summed E-state index contributed by atoms with van der Waals surface area (Å²) < 4.78 is 15.2. The lowest BCUT2D eigenvalue weighted by molar-refractivity contribution is -0.138. The Morgan fingerprint density at radius 1 is 1.25 bits per heavy atom. The first kappa shape index (κ1) is 13.1. The van der Waals surface area contributed by atoms with Crippen molar-refractivity contribution < 1.29 is 23.8 Å². The molecule has 0 aliphatic heterocycles. The summed E-state index contributed by atoms with van der Waals surface area (Å²) in [6, 6.07) is 3.40. The van der Waals surface area contributed by atoms with Gasteiger partial charge in [0.2, 0.25) is 0 Å². The fraction of sp³-hybridized carbons (Fsp3) is 0.467. The van der Waals surface area contributed by atoms with E-state index in [1.807, 2.05) is 0 Å². The van der Waals surface area contributed by atoms with E-state index in [1.165, 1.54) is 7.11 Å². The number of ether oxygens (including phenoxy) is 3. The van der Waals surface area contributed by atoms with Gasteiger partial charge >= 0.3 is 5.97 Å². The summed E-state index contributed by atoms with van der Waals surface area (Å²) >= 11 is 0. The summed E-state index contributed by atoms with van der Waals surface area (Å²) in [6.07, 6.45) is 3.24. The number of rotatable bonds is 5. The molecular weight excluding hydrogens is 260 g/mol. The van der Waals surface area contributed by atoms with Gasteiger partial charge in [-0.2, -0.15) is 0 Å². The minimum atomic E-state index is -0.415. The minimum Gasteiger partial charge on any atom is -0.428 e. The van der Waals surface area contributed by atoms with Crippen molar-refractivity contribution in [3.63, 3.8) is 0 Å². The molecule has 5 nitrogen and oxygen atoms in total. The van der Waals surface area contributed by atoms with Crippen LogP contribution in [0.3, 0.4) is 0 Å². The molecule has 0 amide bonds. The van der Waals surface area contributed by atoms with Crippen molar-refractivity contribution in [1.29, 1.82) is 0 Å². The number of benzene rings is 1. The molecule has 2 unspecified atom stereocenters. The van der Waals surface area contributed by atoms with Crippen molar-refractivity contribution >= 4 is 12.4 Å². The Hall–Kier alpha value is -1.88. The quantitative estimate of drug-likeness (QED) is 0.468. The monoisotopic (exact) mass is 276 g/mol. The molecule has 2 aliphatic rings. The highest BCUT2D eigenvalue weighted by Gasteiger charge is 2.41. The van der Waals surface area contributed by atoms with E-state index in [1.54, 1.807) is 12.1 Å². The Balaban J connectivity index is 1.97. The molecule has 0 N–H and O–H groups in total. The Kier molecular flexibility index (Phi) is 3.44. The third kappa shape index (κ3) is 2.08. The van der Waals surface area contributed by atoms with E-state index in [4.69, 9.17) is 14.2 Å². The number of fused-ring (bicyclic) bond motifs is 5. The van der Waals surface area contributed by atoms with E-state index >= 15 is 0 Å². The first-order valence-electron chi connectivity index (χ1n) is 6.71. The van der Waals surface area contributed by atoms with Gasteiger partial charge in [0.05, 0.1) is 0 Å². The second-order valence-electron chi connectivity index (χ2n) is 5.22. The van der Waals surface area contributed by atoms with Gasteiger partial charge in [-0.3, -0.25) is 4.79 Å².